The minimum atomic E-state index is 0.0462. The molecule has 7 heteroatoms. The summed E-state index contributed by atoms with van der Waals surface area (Å²) in [4.78, 5) is 20.2. The number of hydrogen-bond donors (Lipinski definition) is 1. The fourth-order valence-corrected chi connectivity index (χ4v) is 2.76. The highest BCUT2D eigenvalue weighted by atomic mass is 79.9. The Kier molecular flexibility index (Phi) is 2.99. The zero-order valence-corrected chi connectivity index (χ0v) is 11.7. The van der Waals surface area contributed by atoms with E-state index < -0.39 is 0 Å². The molecular formula is C11H10BrClN4O. The zero-order chi connectivity index (χ0) is 12.7. The van der Waals surface area contributed by atoms with Crippen molar-refractivity contribution in [1.82, 2.24) is 19.9 Å². The molecule has 0 radical (unpaired) electrons. The fourth-order valence-electron chi connectivity index (χ4n) is 2.25. The molecule has 0 saturated carbocycles. The number of alkyl halides is 1. The van der Waals surface area contributed by atoms with E-state index in [0.717, 1.165) is 21.5 Å². The van der Waals surface area contributed by atoms with Crippen LogP contribution < -0.4 is 5.32 Å². The van der Waals surface area contributed by atoms with Crippen molar-refractivity contribution >= 4 is 44.6 Å². The monoisotopic (exact) mass is 328 g/mol. The average molecular weight is 330 g/mol. The third-order valence-corrected chi connectivity index (χ3v) is 3.68. The first-order valence-electron chi connectivity index (χ1n) is 5.54. The maximum absolute atomic E-state index is 11.3. The topological polar surface area (TPSA) is 59.8 Å². The van der Waals surface area contributed by atoms with Crippen molar-refractivity contribution in [3.05, 3.63) is 22.6 Å². The van der Waals surface area contributed by atoms with Gasteiger partial charge in [0.05, 0.1) is 11.9 Å². The highest BCUT2D eigenvalue weighted by molar-refractivity contribution is 9.10. The molecular weight excluding hydrogens is 320 g/mol. The Balaban J connectivity index is 2.16. The van der Waals surface area contributed by atoms with Crippen LogP contribution in [0.1, 0.15) is 18.3 Å². The van der Waals surface area contributed by atoms with E-state index >= 15 is 0 Å². The van der Waals surface area contributed by atoms with Crippen LogP contribution in [0.3, 0.4) is 0 Å². The standard InChI is InChI=1S/C11H10BrClN4O/c12-6-1-8-11(15-4-6)17(9(3-13)16-8)7-2-10(18)14-5-7/h1,4,7H,2-3,5H2,(H,14,18). The Hall–Kier alpha value is -1.14. The van der Waals surface area contributed by atoms with Crippen molar-refractivity contribution in [2.24, 2.45) is 0 Å². The first-order valence-corrected chi connectivity index (χ1v) is 6.87. The molecule has 0 spiro atoms. The number of amides is 1. The molecule has 2 aromatic rings. The summed E-state index contributed by atoms with van der Waals surface area (Å²) < 4.78 is 2.84. The van der Waals surface area contributed by atoms with Gasteiger partial charge < -0.3 is 9.88 Å². The van der Waals surface area contributed by atoms with Crippen LogP contribution in [0.15, 0.2) is 16.7 Å². The van der Waals surface area contributed by atoms with E-state index in [1.165, 1.54) is 0 Å². The number of hydrogen-bond acceptors (Lipinski definition) is 3. The maximum atomic E-state index is 11.3. The smallest absolute Gasteiger partial charge is 0.222 e. The van der Waals surface area contributed by atoms with E-state index in [0.29, 0.717) is 18.8 Å². The second kappa shape index (κ2) is 4.51. The van der Waals surface area contributed by atoms with E-state index in [9.17, 15) is 4.79 Å². The first-order chi connectivity index (χ1) is 8.69. The third kappa shape index (κ3) is 1.89. The highest BCUT2D eigenvalue weighted by Gasteiger charge is 2.27. The molecule has 0 bridgehead atoms. The molecule has 3 heterocycles. The van der Waals surface area contributed by atoms with Crippen molar-refractivity contribution in [2.45, 2.75) is 18.3 Å². The van der Waals surface area contributed by atoms with Crippen LogP contribution in [0.5, 0.6) is 0 Å². The Morgan fingerprint density at radius 3 is 3.11 bits per heavy atom. The largest absolute Gasteiger partial charge is 0.354 e. The second-order valence-corrected chi connectivity index (χ2v) is 5.37. The summed E-state index contributed by atoms with van der Waals surface area (Å²) in [6.45, 7) is 0.603. The number of imidazole rings is 1. The van der Waals surface area contributed by atoms with E-state index in [1.807, 2.05) is 10.6 Å². The number of fused-ring (bicyclic) bond motifs is 1. The molecule has 1 fully saturated rings. The van der Waals surface area contributed by atoms with Gasteiger partial charge >= 0.3 is 0 Å². The lowest BCUT2D eigenvalue weighted by Gasteiger charge is -2.12. The minimum absolute atomic E-state index is 0.0462. The number of nitrogens with one attached hydrogen (secondary N) is 1. The second-order valence-electron chi connectivity index (χ2n) is 4.19. The van der Waals surface area contributed by atoms with Crippen molar-refractivity contribution in [3.8, 4) is 0 Å². The summed E-state index contributed by atoms with van der Waals surface area (Å²) in [6.07, 6.45) is 2.18. The van der Waals surface area contributed by atoms with Crippen molar-refractivity contribution in [1.29, 1.82) is 0 Å². The summed E-state index contributed by atoms with van der Waals surface area (Å²) in [7, 11) is 0. The SMILES string of the molecule is O=C1CC(n2c(CCl)nc3cc(Br)cnc32)CN1. The van der Waals surface area contributed by atoms with E-state index in [-0.39, 0.29) is 11.9 Å². The molecule has 1 saturated heterocycles. The summed E-state index contributed by atoms with van der Waals surface area (Å²) in [5.41, 5.74) is 1.56. The van der Waals surface area contributed by atoms with Crippen LogP contribution in [-0.2, 0) is 10.7 Å². The summed E-state index contributed by atoms with van der Waals surface area (Å²) in [5.74, 6) is 1.11. The Morgan fingerprint density at radius 1 is 1.61 bits per heavy atom. The minimum Gasteiger partial charge on any atom is -0.354 e. The van der Waals surface area contributed by atoms with Gasteiger partial charge in [0.25, 0.3) is 0 Å². The lowest BCUT2D eigenvalue weighted by atomic mass is 10.2. The molecule has 0 aromatic carbocycles. The molecule has 3 rings (SSSR count). The van der Waals surface area contributed by atoms with Gasteiger partial charge in [-0.1, -0.05) is 0 Å². The predicted octanol–water partition coefficient (Wildman–Crippen LogP) is 1.99. The lowest BCUT2D eigenvalue weighted by Crippen LogP contribution is -2.16. The molecule has 1 atom stereocenters. The number of halogens is 2. The van der Waals surface area contributed by atoms with E-state index in [2.05, 4.69) is 31.2 Å². The van der Waals surface area contributed by atoms with Gasteiger partial charge in [0.15, 0.2) is 5.65 Å². The molecule has 1 unspecified atom stereocenters. The Morgan fingerprint density at radius 2 is 2.44 bits per heavy atom. The molecule has 5 nitrogen and oxygen atoms in total. The molecule has 1 N–H and O–H groups in total. The summed E-state index contributed by atoms with van der Waals surface area (Å²) in [6, 6.07) is 1.95. The fraction of sp³-hybridized carbons (Fsp3) is 0.364. The number of nitrogens with zero attached hydrogens (tertiary/aromatic N) is 3. The number of aromatic nitrogens is 3. The molecule has 1 aliphatic heterocycles. The van der Waals surface area contributed by atoms with Crippen LogP contribution in [-0.4, -0.2) is 27.0 Å². The molecule has 2 aromatic heterocycles. The predicted molar refractivity (Wildman–Crippen MR) is 71.4 cm³/mol. The summed E-state index contributed by atoms with van der Waals surface area (Å²) >= 11 is 9.30. The van der Waals surface area contributed by atoms with Crippen LogP contribution in [0, 0.1) is 0 Å². The molecule has 0 aliphatic carbocycles. The number of pyridine rings is 1. The van der Waals surface area contributed by atoms with Gasteiger partial charge in [-0.05, 0) is 22.0 Å². The number of carbonyl (C=O) groups is 1. The zero-order valence-electron chi connectivity index (χ0n) is 9.36. The molecule has 94 valence electrons. The average Bonchev–Trinajstić information content (AvgIpc) is 2.91. The normalized spacial score (nSPS) is 19.4. The van der Waals surface area contributed by atoms with E-state index in [4.69, 9.17) is 11.6 Å². The Bertz CT molecular complexity index is 627. The molecule has 1 aliphatic rings. The van der Waals surface area contributed by atoms with Crippen molar-refractivity contribution in [3.63, 3.8) is 0 Å². The van der Waals surface area contributed by atoms with Crippen molar-refractivity contribution < 1.29 is 4.79 Å². The molecule has 1 amide bonds. The number of rotatable bonds is 2. The van der Waals surface area contributed by atoms with Crippen molar-refractivity contribution in [2.75, 3.05) is 6.54 Å². The highest BCUT2D eigenvalue weighted by Crippen LogP contribution is 2.26. The molecule has 18 heavy (non-hydrogen) atoms. The van der Waals surface area contributed by atoms with Crippen LogP contribution >= 0.6 is 27.5 Å². The van der Waals surface area contributed by atoms with Gasteiger partial charge in [-0.15, -0.1) is 11.6 Å². The quantitative estimate of drug-likeness (QED) is 0.857. The summed E-state index contributed by atoms with van der Waals surface area (Å²) in [5, 5.41) is 2.82. The maximum Gasteiger partial charge on any atom is 0.222 e. The van der Waals surface area contributed by atoms with Crippen LogP contribution in [0.4, 0.5) is 0 Å². The van der Waals surface area contributed by atoms with Gasteiger partial charge in [-0.25, -0.2) is 9.97 Å². The van der Waals surface area contributed by atoms with Gasteiger partial charge in [0, 0.05) is 23.6 Å². The van der Waals surface area contributed by atoms with Gasteiger partial charge in [0.1, 0.15) is 11.3 Å². The van der Waals surface area contributed by atoms with E-state index in [1.54, 1.807) is 6.20 Å². The van der Waals surface area contributed by atoms with Gasteiger partial charge in [0.2, 0.25) is 5.91 Å². The Labute approximate surface area is 117 Å². The van der Waals surface area contributed by atoms with Gasteiger partial charge in [-0.3, -0.25) is 4.79 Å². The first kappa shape index (κ1) is 11.9. The lowest BCUT2D eigenvalue weighted by molar-refractivity contribution is -0.119. The van der Waals surface area contributed by atoms with Crippen LogP contribution in [0.25, 0.3) is 11.2 Å². The third-order valence-electron chi connectivity index (χ3n) is 3.01. The van der Waals surface area contributed by atoms with Crippen LogP contribution in [0.2, 0.25) is 0 Å². The number of carbonyl (C=O) groups excluding carboxylic acids is 1. The van der Waals surface area contributed by atoms with Gasteiger partial charge in [-0.2, -0.15) is 0 Å².